The molecule has 2 N–H and O–H groups in total. The number of carbonyl (C=O) groups excluding carboxylic acids is 1. The Morgan fingerprint density at radius 2 is 2.12 bits per heavy atom. The molecular formula is C24H25N5O4. The molecule has 2 aromatic carbocycles. The molecule has 2 heterocycles. The molecular weight excluding hydrogens is 422 g/mol. The average Bonchev–Trinajstić information content (AvgIpc) is 3.39. The van der Waals surface area contributed by atoms with Crippen LogP contribution in [0.1, 0.15) is 48.5 Å². The number of allylic oxidation sites excluding steroid dienone is 3. The van der Waals surface area contributed by atoms with E-state index in [9.17, 15) is 4.79 Å². The molecule has 1 aliphatic rings. The summed E-state index contributed by atoms with van der Waals surface area (Å²) < 4.78 is 17.3. The molecule has 1 atom stereocenters. The smallest absolute Gasteiger partial charge is 0.255 e. The number of H-pyrrole nitrogens is 1. The summed E-state index contributed by atoms with van der Waals surface area (Å²) in [6.07, 6.45) is 10.5. The second-order valence-electron chi connectivity index (χ2n) is 7.33. The van der Waals surface area contributed by atoms with Gasteiger partial charge in [0.15, 0.2) is 23.4 Å². The minimum absolute atomic E-state index is 0.256. The summed E-state index contributed by atoms with van der Waals surface area (Å²) in [7, 11) is 0. The standard InChI is InChI=1S/C24H25N5O4/c1-2-3-4-5-6-7-15-31-18-13-11-17(12-14-18)24(30)25-19-9-8-10-20-22(19)33-21(16-32-20)23-26-28-29-27-23/h5-15,21H,2-4,16H2,1H3,(H,25,30)(H,26,27,28,29). The van der Waals surface area contributed by atoms with Crippen molar-refractivity contribution in [1.29, 1.82) is 0 Å². The first kappa shape index (κ1) is 22.1. The van der Waals surface area contributed by atoms with Crippen molar-refractivity contribution in [2.75, 3.05) is 11.9 Å². The number of aromatic nitrogens is 4. The van der Waals surface area contributed by atoms with Gasteiger partial charge in [0.25, 0.3) is 5.91 Å². The summed E-state index contributed by atoms with van der Waals surface area (Å²) in [6.45, 7) is 2.42. The number of ether oxygens (including phenoxy) is 3. The molecule has 1 amide bonds. The molecule has 4 rings (SSSR count). The SMILES string of the molecule is CCCCC=CC=COc1ccc(C(=O)Nc2cccc3c2OC(c2nnn[nH]2)CO3)cc1. The lowest BCUT2D eigenvalue weighted by Crippen LogP contribution is -2.24. The van der Waals surface area contributed by atoms with Crippen LogP contribution in [-0.4, -0.2) is 33.1 Å². The molecule has 0 saturated heterocycles. The van der Waals surface area contributed by atoms with Gasteiger partial charge in [-0.3, -0.25) is 4.79 Å². The van der Waals surface area contributed by atoms with E-state index in [-0.39, 0.29) is 12.5 Å². The molecule has 0 aliphatic carbocycles. The Morgan fingerprint density at radius 1 is 1.24 bits per heavy atom. The number of benzene rings is 2. The van der Waals surface area contributed by atoms with Gasteiger partial charge >= 0.3 is 0 Å². The fourth-order valence-corrected chi connectivity index (χ4v) is 3.17. The molecule has 9 nitrogen and oxygen atoms in total. The monoisotopic (exact) mass is 447 g/mol. The van der Waals surface area contributed by atoms with Crippen molar-refractivity contribution in [1.82, 2.24) is 20.6 Å². The van der Waals surface area contributed by atoms with Crippen molar-refractivity contribution < 1.29 is 19.0 Å². The molecule has 1 aliphatic heterocycles. The Bertz CT molecular complexity index is 1110. The summed E-state index contributed by atoms with van der Waals surface area (Å²) in [4.78, 5) is 12.8. The van der Waals surface area contributed by atoms with Gasteiger partial charge in [0.05, 0.1) is 11.9 Å². The minimum Gasteiger partial charge on any atom is -0.485 e. The lowest BCUT2D eigenvalue weighted by molar-refractivity contribution is 0.0856. The van der Waals surface area contributed by atoms with Crippen molar-refractivity contribution >= 4 is 11.6 Å². The maximum absolute atomic E-state index is 12.8. The molecule has 3 aromatic rings. The van der Waals surface area contributed by atoms with Gasteiger partial charge in [-0.25, -0.2) is 5.10 Å². The zero-order chi connectivity index (χ0) is 22.9. The molecule has 0 radical (unpaired) electrons. The van der Waals surface area contributed by atoms with Crippen molar-refractivity contribution in [3.63, 3.8) is 0 Å². The number of rotatable bonds is 9. The lowest BCUT2D eigenvalue weighted by Gasteiger charge is -2.26. The number of para-hydroxylation sites is 1. The second-order valence-corrected chi connectivity index (χ2v) is 7.33. The molecule has 170 valence electrons. The van der Waals surface area contributed by atoms with Gasteiger partial charge < -0.3 is 19.5 Å². The topological polar surface area (TPSA) is 111 Å². The van der Waals surface area contributed by atoms with Crippen molar-refractivity contribution in [3.05, 3.63) is 78.3 Å². The Morgan fingerprint density at radius 3 is 2.91 bits per heavy atom. The second kappa shape index (κ2) is 10.9. The largest absolute Gasteiger partial charge is 0.485 e. The number of hydrogen-bond acceptors (Lipinski definition) is 7. The summed E-state index contributed by atoms with van der Waals surface area (Å²) in [5.74, 6) is 1.77. The quantitative estimate of drug-likeness (QED) is 0.280. The molecule has 33 heavy (non-hydrogen) atoms. The van der Waals surface area contributed by atoms with E-state index in [1.165, 1.54) is 12.8 Å². The van der Waals surface area contributed by atoms with Gasteiger partial charge in [-0.1, -0.05) is 38.0 Å². The van der Waals surface area contributed by atoms with Crippen LogP contribution in [0.4, 0.5) is 5.69 Å². The Hall–Kier alpha value is -4.14. The number of hydrogen-bond donors (Lipinski definition) is 2. The lowest BCUT2D eigenvalue weighted by atomic mass is 10.2. The zero-order valence-corrected chi connectivity index (χ0v) is 18.2. The molecule has 1 unspecified atom stereocenters. The van der Waals surface area contributed by atoms with E-state index in [1.54, 1.807) is 48.7 Å². The third-order valence-corrected chi connectivity index (χ3v) is 4.91. The third-order valence-electron chi connectivity index (χ3n) is 4.91. The van der Waals surface area contributed by atoms with E-state index >= 15 is 0 Å². The number of fused-ring (bicyclic) bond motifs is 1. The van der Waals surface area contributed by atoms with Gasteiger partial charge in [0, 0.05) is 5.56 Å². The highest BCUT2D eigenvalue weighted by Gasteiger charge is 2.28. The van der Waals surface area contributed by atoms with Gasteiger partial charge in [0.1, 0.15) is 12.4 Å². The number of carbonyl (C=O) groups is 1. The highest BCUT2D eigenvalue weighted by Crippen LogP contribution is 2.41. The van der Waals surface area contributed by atoms with Crippen LogP contribution in [0, 0.1) is 0 Å². The van der Waals surface area contributed by atoms with E-state index in [1.807, 2.05) is 12.2 Å². The average molecular weight is 447 g/mol. The Labute approximate surface area is 191 Å². The van der Waals surface area contributed by atoms with Crippen LogP contribution in [0.2, 0.25) is 0 Å². The van der Waals surface area contributed by atoms with Gasteiger partial charge in [-0.05, 0) is 59.3 Å². The third kappa shape index (κ3) is 5.76. The predicted octanol–water partition coefficient (Wildman–Crippen LogP) is 4.60. The van der Waals surface area contributed by atoms with Crippen LogP contribution in [0.25, 0.3) is 0 Å². The molecule has 0 fully saturated rings. The van der Waals surface area contributed by atoms with E-state index < -0.39 is 6.10 Å². The number of tetrazole rings is 1. The highest BCUT2D eigenvalue weighted by atomic mass is 16.6. The molecule has 0 saturated carbocycles. The van der Waals surface area contributed by atoms with Gasteiger partial charge in [0.2, 0.25) is 0 Å². The number of aromatic amines is 1. The number of nitrogens with one attached hydrogen (secondary N) is 2. The summed E-state index contributed by atoms with van der Waals surface area (Å²) >= 11 is 0. The minimum atomic E-state index is -0.503. The van der Waals surface area contributed by atoms with Crippen molar-refractivity contribution in [2.45, 2.75) is 32.3 Å². The number of nitrogens with zero attached hydrogens (tertiary/aromatic N) is 3. The van der Waals surface area contributed by atoms with Crippen molar-refractivity contribution in [3.8, 4) is 17.2 Å². The summed E-state index contributed by atoms with van der Waals surface area (Å²) in [5, 5.41) is 16.6. The van der Waals surface area contributed by atoms with E-state index in [0.29, 0.717) is 34.3 Å². The van der Waals surface area contributed by atoms with Crippen LogP contribution >= 0.6 is 0 Å². The predicted molar refractivity (Wildman–Crippen MR) is 122 cm³/mol. The summed E-state index contributed by atoms with van der Waals surface area (Å²) in [5.41, 5.74) is 0.976. The van der Waals surface area contributed by atoms with Crippen LogP contribution < -0.4 is 19.5 Å². The first-order valence-corrected chi connectivity index (χ1v) is 10.8. The van der Waals surface area contributed by atoms with Crippen LogP contribution in [0.15, 0.2) is 67.0 Å². The number of anilines is 1. The molecule has 1 aromatic heterocycles. The Kier molecular flexibility index (Phi) is 7.32. The Balaban J connectivity index is 1.37. The zero-order valence-electron chi connectivity index (χ0n) is 18.2. The number of unbranched alkanes of at least 4 members (excludes halogenated alkanes) is 2. The number of amides is 1. The first-order valence-electron chi connectivity index (χ1n) is 10.8. The molecule has 0 spiro atoms. The first-order chi connectivity index (χ1) is 16.2. The maximum Gasteiger partial charge on any atom is 0.255 e. The normalized spacial score (nSPS) is 15.1. The molecule has 9 heteroatoms. The fraction of sp³-hybridized carbons (Fsp3) is 0.250. The van der Waals surface area contributed by atoms with Crippen LogP contribution in [0.5, 0.6) is 17.2 Å². The van der Waals surface area contributed by atoms with Crippen LogP contribution in [0.3, 0.4) is 0 Å². The molecule has 0 bridgehead atoms. The van der Waals surface area contributed by atoms with E-state index in [0.717, 1.165) is 6.42 Å². The summed E-state index contributed by atoms with van der Waals surface area (Å²) in [6, 6.07) is 12.2. The van der Waals surface area contributed by atoms with E-state index in [4.69, 9.17) is 14.2 Å². The fourth-order valence-electron chi connectivity index (χ4n) is 3.17. The van der Waals surface area contributed by atoms with Crippen molar-refractivity contribution in [2.24, 2.45) is 0 Å². The maximum atomic E-state index is 12.8. The van der Waals surface area contributed by atoms with Crippen LogP contribution in [-0.2, 0) is 0 Å². The van der Waals surface area contributed by atoms with Gasteiger partial charge in [-0.2, -0.15) is 0 Å². The van der Waals surface area contributed by atoms with Gasteiger partial charge in [-0.15, -0.1) is 5.10 Å². The highest BCUT2D eigenvalue weighted by molar-refractivity contribution is 6.05. The van der Waals surface area contributed by atoms with E-state index in [2.05, 4.69) is 38.9 Å².